The molecule has 0 radical (unpaired) electrons. The molecule has 0 spiro atoms. The molecule has 0 aliphatic heterocycles. The van der Waals surface area contributed by atoms with Crippen LogP contribution in [0.3, 0.4) is 0 Å². The maximum absolute atomic E-state index is 13.7. The van der Waals surface area contributed by atoms with Crippen LogP contribution in [0.25, 0.3) is 5.57 Å². The van der Waals surface area contributed by atoms with Gasteiger partial charge in [0.25, 0.3) is 0 Å². The van der Waals surface area contributed by atoms with Gasteiger partial charge in [0.2, 0.25) is 0 Å². The lowest BCUT2D eigenvalue weighted by atomic mass is 9.89. The molecule has 1 aromatic rings. The van der Waals surface area contributed by atoms with E-state index >= 15 is 0 Å². The van der Waals surface area contributed by atoms with Gasteiger partial charge in [-0.05, 0) is 48.1 Å². The molecule has 0 atom stereocenters. The van der Waals surface area contributed by atoms with Crippen LogP contribution in [0, 0.1) is 5.82 Å². The molecule has 88 valence electrons. The van der Waals surface area contributed by atoms with Crippen LogP contribution in [0.1, 0.15) is 30.4 Å². The maximum atomic E-state index is 13.7. The summed E-state index contributed by atoms with van der Waals surface area (Å²) in [6.07, 6.45) is 6.15. The highest BCUT2D eigenvalue weighted by Gasteiger charge is 2.15. The lowest BCUT2D eigenvalue weighted by Gasteiger charge is -2.16. The van der Waals surface area contributed by atoms with Gasteiger partial charge in [-0.25, -0.2) is 4.39 Å². The van der Waals surface area contributed by atoms with Crippen molar-refractivity contribution in [1.29, 1.82) is 0 Å². The number of hydrogen-bond donors (Lipinski definition) is 0. The first-order valence-electron chi connectivity index (χ1n) is 5.84. The summed E-state index contributed by atoms with van der Waals surface area (Å²) in [5.41, 5.74) is 2.46. The molecule has 0 N–H and O–H groups in total. The van der Waals surface area contributed by atoms with Crippen LogP contribution in [-0.2, 0) is 11.2 Å². The van der Waals surface area contributed by atoms with Crippen molar-refractivity contribution in [3.05, 3.63) is 53.9 Å². The molecule has 2 heteroatoms. The summed E-state index contributed by atoms with van der Waals surface area (Å²) in [5, 5.41) is 0. The fraction of sp³-hybridized carbons (Fsp3) is 0.267. The van der Waals surface area contributed by atoms with Crippen molar-refractivity contribution in [3.8, 4) is 0 Å². The Bertz CT molecular complexity index is 486. The van der Waals surface area contributed by atoms with E-state index < -0.39 is 0 Å². The fourth-order valence-electron chi connectivity index (χ4n) is 2.22. The van der Waals surface area contributed by atoms with E-state index in [-0.39, 0.29) is 11.6 Å². The van der Waals surface area contributed by atoms with Gasteiger partial charge >= 0.3 is 0 Å². The third kappa shape index (κ3) is 2.52. The van der Waals surface area contributed by atoms with Gasteiger partial charge in [0, 0.05) is 6.42 Å². The van der Waals surface area contributed by atoms with E-state index in [0.717, 1.165) is 24.0 Å². The van der Waals surface area contributed by atoms with E-state index in [0.29, 0.717) is 18.4 Å². The van der Waals surface area contributed by atoms with Gasteiger partial charge in [0.1, 0.15) is 5.82 Å². The first kappa shape index (κ1) is 11.8. The second kappa shape index (κ2) is 5.09. The zero-order chi connectivity index (χ0) is 12.3. The minimum absolute atomic E-state index is 0.139. The van der Waals surface area contributed by atoms with Crippen molar-refractivity contribution in [3.63, 3.8) is 0 Å². The van der Waals surface area contributed by atoms with Crippen LogP contribution >= 0.6 is 0 Å². The van der Waals surface area contributed by atoms with Crippen LogP contribution < -0.4 is 0 Å². The highest BCUT2D eigenvalue weighted by atomic mass is 19.1. The third-order valence-corrected chi connectivity index (χ3v) is 3.02. The summed E-state index contributed by atoms with van der Waals surface area (Å²) in [7, 11) is 0. The van der Waals surface area contributed by atoms with Crippen molar-refractivity contribution in [1.82, 2.24) is 0 Å². The van der Waals surface area contributed by atoms with Crippen LogP contribution in [0.15, 0.2) is 36.9 Å². The number of carbonyl (C=O) groups excluding carboxylic acids is 1. The Kier molecular flexibility index (Phi) is 3.52. The number of benzene rings is 1. The summed E-state index contributed by atoms with van der Waals surface area (Å²) in [6.45, 7) is 3.65. The zero-order valence-electron chi connectivity index (χ0n) is 9.71. The average molecular weight is 230 g/mol. The van der Waals surface area contributed by atoms with Crippen molar-refractivity contribution >= 4 is 11.4 Å². The molecular formula is C15H15FO. The molecule has 1 nitrogen and oxygen atoms in total. The van der Waals surface area contributed by atoms with Gasteiger partial charge in [0.15, 0.2) is 5.78 Å². The Morgan fingerprint density at radius 2 is 2.18 bits per heavy atom. The number of rotatable bonds is 3. The molecule has 1 aromatic carbocycles. The standard InChI is InChI=1S/C15H15FO/c1-2-5-14-13(8-4-9-15(14)16)11-6-3-7-12(17)10-11/h2,4,8-10H,1,3,5-7H2. The highest BCUT2D eigenvalue weighted by Crippen LogP contribution is 2.29. The lowest BCUT2D eigenvalue weighted by Crippen LogP contribution is -2.05. The second-order valence-electron chi connectivity index (χ2n) is 4.25. The van der Waals surface area contributed by atoms with Crippen LogP contribution in [0.5, 0.6) is 0 Å². The maximum Gasteiger partial charge on any atom is 0.155 e. The van der Waals surface area contributed by atoms with Crippen LogP contribution in [0.2, 0.25) is 0 Å². The molecule has 0 saturated heterocycles. The molecule has 0 aromatic heterocycles. The van der Waals surface area contributed by atoms with E-state index in [4.69, 9.17) is 0 Å². The van der Waals surface area contributed by atoms with E-state index in [1.807, 2.05) is 6.07 Å². The van der Waals surface area contributed by atoms with Gasteiger partial charge in [-0.15, -0.1) is 6.58 Å². The topological polar surface area (TPSA) is 17.1 Å². The Morgan fingerprint density at radius 3 is 2.88 bits per heavy atom. The number of ketones is 1. The Morgan fingerprint density at radius 1 is 1.35 bits per heavy atom. The van der Waals surface area contributed by atoms with Gasteiger partial charge in [-0.2, -0.15) is 0 Å². The molecule has 0 fully saturated rings. The SMILES string of the molecule is C=CCc1c(F)cccc1C1=CC(=O)CCC1. The minimum Gasteiger partial charge on any atom is -0.295 e. The Balaban J connectivity index is 2.47. The summed E-state index contributed by atoms with van der Waals surface area (Å²) in [5.74, 6) is -0.0820. The zero-order valence-corrected chi connectivity index (χ0v) is 9.71. The number of halogens is 1. The highest BCUT2D eigenvalue weighted by molar-refractivity contribution is 5.98. The van der Waals surface area contributed by atoms with Crippen molar-refractivity contribution in [2.24, 2.45) is 0 Å². The third-order valence-electron chi connectivity index (χ3n) is 3.02. The molecule has 0 unspecified atom stereocenters. The quantitative estimate of drug-likeness (QED) is 0.724. The molecule has 0 heterocycles. The summed E-state index contributed by atoms with van der Waals surface area (Å²) in [6, 6.07) is 5.02. The van der Waals surface area contributed by atoms with Gasteiger partial charge in [-0.3, -0.25) is 4.79 Å². The first-order chi connectivity index (χ1) is 8.22. The molecule has 1 aliphatic rings. The molecule has 0 saturated carbocycles. The molecule has 1 aliphatic carbocycles. The molecule has 17 heavy (non-hydrogen) atoms. The van der Waals surface area contributed by atoms with E-state index in [1.165, 1.54) is 6.07 Å². The predicted octanol–water partition coefficient (Wildman–Crippen LogP) is 3.69. The molecule has 2 rings (SSSR count). The van der Waals surface area contributed by atoms with Crippen LogP contribution in [-0.4, -0.2) is 5.78 Å². The number of allylic oxidation sites excluding steroid dienone is 3. The lowest BCUT2D eigenvalue weighted by molar-refractivity contribution is -0.114. The van der Waals surface area contributed by atoms with E-state index in [1.54, 1.807) is 18.2 Å². The summed E-state index contributed by atoms with van der Waals surface area (Å²) < 4.78 is 13.7. The minimum atomic E-state index is -0.221. The Labute approximate surface area is 101 Å². The number of hydrogen-bond acceptors (Lipinski definition) is 1. The smallest absolute Gasteiger partial charge is 0.155 e. The second-order valence-corrected chi connectivity index (χ2v) is 4.25. The molecule has 0 bridgehead atoms. The van der Waals surface area contributed by atoms with Gasteiger partial charge in [0.05, 0.1) is 0 Å². The van der Waals surface area contributed by atoms with Crippen molar-refractivity contribution in [2.45, 2.75) is 25.7 Å². The van der Waals surface area contributed by atoms with Gasteiger partial charge in [-0.1, -0.05) is 18.2 Å². The fourth-order valence-corrected chi connectivity index (χ4v) is 2.22. The first-order valence-corrected chi connectivity index (χ1v) is 5.84. The van der Waals surface area contributed by atoms with E-state index in [2.05, 4.69) is 6.58 Å². The Hall–Kier alpha value is -1.70. The number of carbonyl (C=O) groups is 1. The van der Waals surface area contributed by atoms with E-state index in [9.17, 15) is 9.18 Å². The molecule has 0 amide bonds. The average Bonchev–Trinajstić information content (AvgIpc) is 2.32. The largest absolute Gasteiger partial charge is 0.295 e. The van der Waals surface area contributed by atoms with Crippen LogP contribution in [0.4, 0.5) is 4.39 Å². The van der Waals surface area contributed by atoms with Gasteiger partial charge < -0.3 is 0 Å². The van der Waals surface area contributed by atoms with Crippen molar-refractivity contribution in [2.75, 3.05) is 0 Å². The monoisotopic (exact) mass is 230 g/mol. The molecular weight excluding hydrogens is 215 g/mol. The summed E-state index contributed by atoms with van der Waals surface area (Å²) in [4.78, 5) is 11.4. The summed E-state index contributed by atoms with van der Waals surface area (Å²) >= 11 is 0. The predicted molar refractivity (Wildman–Crippen MR) is 67.1 cm³/mol. The van der Waals surface area contributed by atoms with Crippen molar-refractivity contribution < 1.29 is 9.18 Å². The normalized spacial score (nSPS) is 15.6.